The molecule has 5 atom stereocenters. The Morgan fingerprint density at radius 1 is 0.650 bits per heavy atom. The quantitative estimate of drug-likeness (QED) is 0.0409. The van der Waals surface area contributed by atoms with E-state index in [1.54, 1.807) is 23.9 Å². The topological polar surface area (TPSA) is 221 Å². The van der Waals surface area contributed by atoms with Crippen molar-refractivity contribution < 1.29 is 38.6 Å². The molecule has 16 nitrogen and oxygen atoms in total. The predicted octanol–water partition coefficient (Wildman–Crippen LogP) is 25.8. The highest BCUT2D eigenvalue weighted by atomic mass is 79.9. The first kappa shape index (κ1) is 126. The highest BCUT2D eigenvalue weighted by Gasteiger charge is 2.43. The number of hydrogen-bond acceptors (Lipinski definition) is 15. The maximum Gasteiger partial charge on any atom is 0.241 e. The summed E-state index contributed by atoms with van der Waals surface area (Å²) in [6.07, 6.45) is 15.8. The molecule has 6 rings (SSSR count). The van der Waals surface area contributed by atoms with Crippen LogP contribution in [-0.2, 0) is 38.6 Å². The summed E-state index contributed by atoms with van der Waals surface area (Å²) in [6.45, 7) is 60.7. The first-order valence-corrected chi connectivity index (χ1v) is 36.1. The summed E-state index contributed by atoms with van der Waals surface area (Å²) in [5.41, 5.74) is 7.07. The maximum atomic E-state index is 10.6. The minimum absolute atomic E-state index is 0. The van der Waals surface area contributed by atoms with E-state index < -0.39 is 0 Å². The number of nitrogens with zero attached hydrogens (tertiary/aromatic N) is 6. The number of nitrogens with one attached hydrogen (secondary N) is 1. The SMILES string of the molecule is C.C.C.C.C.C.C.C.C.C=C(CCl)C(C)C.C=CC(=C)C(C)C.C=CC(=O)CC(C)C.CC(=O)NCCSC1=NOC(C(C)C)C1.CC(C)/C=C/C(N)=O.CC(C)C1(C)CC(Br)=NO1.CC(C)C1CC(Br)=NO1.CC(C)C1CC(Br)=NO1.CC(C)C1CC(Cl)=NO1.CC(C)CC1(C#N)CC1. The summed E-state index contributed by atoms with van der Waals surface area (Å²) in [7, 11) is 0. The number of carbonyl (C=O) groups is 3. The number of nitrogens with two attached hydrogens (primary N) is 1. The smallest absolute Gasteiger partial charge is 0.241 e. The van der Waals surface area contributed by atoms with Gasteiger partial charge in [-0.25, -0.2) is 0 Å². The normalized spacial score (nSPS) is 18.2. The van der Waals surface area contributed by atoms with Crippen LogP contribution < -0.4 is 11.1 Å². The molecule has 0 aromatic carbocycles. The molecular formula is C78H155Br3Cl2N8O8S. The number of nitriles is 1. The van der Waals surface area contributed by atoms with Gasteiger partial charge in [0, 0.05) is 63.6 Å². The predicted molar refractivity (Wildman–Crippen MR) is 461 cm³/mol. The number of rotatable bonds is 19. The fourth-order valence-electron chi connectivity index (χ4n) is 6.65. The molecule has 1 saturated carbocycles. The lowest BCUT2D eigenvalue weighted by molar-refractivity contribution is -0.119. The van der Waals surface area contributed by atoms with Crippen LogP contribution in [0.1, 0.15) is 277 Å². The minimum Gasteiger partial charge on any atom is -0.391 e. The molecule has 1 aliphatic carbocycles. The van der Waals surface area contributed by atoms with Gasteiger partial charge in [-0.1, -0.05) is 292 Å². The number of hydrogen-bond donors (Lipinski definition) is 2. The molecule has 5 aliphatic heterocycles. The Balaban J connectivity index is -0.0000000763. The van der Waals surface area contributed by atoms with E-state index >= 15 is 0 Å². The third-order valence-electron chi connectivity index (χ3n) is 13.8. The van der Waals surface area contributed by atoms with Gasteiger partial charge in [-0.3, -0.25) is 14.4 Å². The van der Waals surface area contributed by atoms with Crippen molar-refractivity contribution in [3.8, 4) is 6.07 Å². The fourth-order valence-corrected chi connectivity index (χ4v) is 9.41. The van der Waals surface area contributed by atoms with Gasteiger partial charge in [0.1, 0.15) is 54.1 Å². The van der Waals surface area contributed by atoms with Crippen molar-refractivity contribution in [2.75, 3.05) is 18.2 Å². The summed E-state index contributed by atoms with van der Waals surface area (Å²) in [4.78, 5) is 56.8. The van der Waals surface area contributed by atoms with Crippen molar-refractivity contribution in [2.45, 2.75) is 307 Å². The third-order valence-corrected chi connectivity index (χ3v) is 16.7. The summed E-state index contributed by atoms with van der Waals surface area (Å²) in [5.74, 6) is 6.50. The molecule has 2 amide bonds. The number of oxime groups is 5. The Morgan fingerprint density at radius 3 is 1.24 bits per heavy atom. The van der Waals surface area contributed by atoms with Crippen LogP contribution in [0.15, 0.2) is 87.5 Å². The van der Waals surface area contributed by atoms with Crippen molar-refractivity contribution in [1.82, 2.24) is 5.32 Å². The molecule has 100 heavy (non-hydrogen) atoms. The number of alkyl halides is 1. The second-order valence-electron chi connectivity index (χ2n) is 26.4. The van der Waals surface area contributed by atoms with Crippen LogP contribution in [0.2, 0.25) is 0 Å². The van der Waals surface area contributed by atoms with Crippen LogP contribution >= 0.6 is 82.8 Å². The van der Waals surface area contributed by atoms with Gasteiger partial charge in [-0.2, -0.15) is 5.26 Å². The Hall–Kier alpha value is -3.48. The van der Waals surface area contributed by atoms with E-state index in [-0.39, 0.29) is 108 Å². The Labute approximate surface area is 657 Å². The lowest BCUT2D eigenvalue weighted by Gasteiger charge is -2.25. The minimum atomic E-state index is -0.376. The van der Waals surface area contributed by atoms with E-state index in [1.165, 1.54) is 19.1 Å². The van der Waals surface area contributed by atoms with Gasteiger partial charge in [0.25, 0.3) is 0 Å². The van der Waals surface area contributed by atoms with E-state index in [1.807, 2.05) is 27.7 Å². The van der Waals surface area contributed by atoms with Crippen molar-refractivity contribution in [3.05, 3.63) is 61.8 Å². The van der Waals surface area contributed by atoms with Gasteiger partial charge in [0.15, 0.2) is 5.78 Å². The molecule has 3 N–H and O–H groups in total. The highest BCUT2D eigenvalue weighted by Crippen LogP contribution is 2.49. The summed E-state index contributed by atoms with van der Waals surface area (Å²) >= 11 is 22.5. The van der Waals surface area contributed by atoms with Crippen LogP contribution in [0, 0.1) is 75.9 Å². The summed E-state index contributed by atoms with van der Waals surface area (Å²) in [6, 6.07) is 2.38. The van der Waals surface area contributed by atoms with Gasteiger partial charge >= 0.3 is 0 Å². The van der Waals surface area contributed by atoms with E-state index in [4.69, 9.17) is 58.4 Å². The fraction of sp³-hybridized carbons (Fsp3) is 0.756. The number of thioether (sulfide) groups is 1. The van der Waals surface area contributed by atoms with Crippen molar-refractivity contribution in [2.24, 2.45) is 96.1 Å². The van der Waals surface area contributed by atoms with E-state index in [9.17, 15) is 14.4 Å². The van der Waals surface area contributed by atoms with Crippen LogP contribution in [0.5, 0.6) is 0 Å². The van der Waals surface area contributed by atoms with Gasteiger partial charge in [-0.05, 0) is 145 Å². The molecule has 596 valence electrons. The first-order valence-electron chi connectivity index (χ1n) is 31.8. The molecule has 0 bridgehead atoms. The number of halogens is 5. The van der Waals surface area contributed by atoms with Crippen molar-refractivity contribution >= 4 is 124 Å². The van der Waals surface area contributed by atoms with Gasteiger partial charge in [0.2, 0.25) is 11.8 Å². The Bertz CT molecular complexity index is 2290. The molecule has 5 unspecified atom stereocenters. The molecule has 5 heterocycles. The molecule has 0 spiro atoms. The van der Waals surface area contributed by atoms with Gasteiger partial charge in [-0.15, -0.1) is 23.4 Å². The number of carbonyl (C=O) groups excluding carboxylic acids is 3. The molecule has 1 fully saturated rings. The largest absolute Gasteiger partial charge is 0.391 e. The highest BCUT2D eigenvalue weighted by molar-refractivity contribution is 9.18. The number of allylic oxidation sites excluding steroid dienone is 5. The van der Waals surface area contributed by atoms with Crippen LogP contribution in [0.3, 0.4) is 0 Å². The monoisotopic (exact) mass is 1670 g/mol. The summed E-state index contributed by atoms with van der Waals surface area (Å²) in [5, 5.41) is 32.1. The van der Waals surface area contributed by atoms with Crippen molar-refractivity contribution in [1.29, 1.82) is 5.26 Å². The second-order valence-corrected chi connectivity index (χ2v) is 31.1. The van der Waals surface area contributed by atoms with Crippen LogP contribution in [0.4, 0.5) is 0 Å². The lowest BCUT2D eigenvalue weighted by atomic mass is 9.90. The average Bonchev–Trinajstić information content (AvgIpc) is 1.68. The molecule has 0 aromatic rings. The average molecular weight is 1680 g/mol. The van der Waals surface area contributed by atoms with E-state index in [0.717, 1.165) is 87.2 Å². The number of amides is 2. The van der Waals surface area contributed by atoms with Crippen LogP contribution in [-0.4, -0.2) is 89.9 Å². The third kappa shape index (κ3) is 70.2. The molecule has 0 aromatic heterocycles. The molecule has 0 saturated heterocycles. The number of ketones is 1. The maximum absolute atomic E-state index is 10.6. The zero-order valence-corrected chi connectivity index (χ0v) is 66.6. The zero-order valence-electron chi connectivity index (χ0n) is 59.5. The Morgan fingerprint density at radius 2 is 1.07 bits per heavy atom. The number of primary amides is 1. The molecule has 0 radical (unpaired) electrons. The van der Waals surface area contributed by atoms with E-state index in [2.05, 4.69) is 229 Å². The van der Waals surface area contributed by atoms with Crippen molar-refractivity contribution in [3.63, 3.8) is 0 Å². The van der Waals surface area contributed by atoms with E-state index in [0.29, 0.717) is 95.4 Å². The summed E-state index contributed by atoms with van der Waals surface area (Å²) < 4.78 is 2.78. The molecule has 6 aliphatic rings. The zero-order chi connectivity index (χ0) is 71.4. The first-order chi connectivity index (χ1) is 42.1. The molecule has 22 heteroatoms. The standard InChI is InChI=1S/C10H18N2O2S.C8H13N.C7H12BrNO.C7H12O.C7H12.2C6H10BrNO.C6H10ClNO.C6H11Cl.C6H11NO.9CH4/c1-7(2)9-6-10(12-14-9)15-5-4-11-8(3)13;1-7(2)5-8(6-9)3-4-8;1-5(2)7(3)4-6(8)9-10-7;1-4-7(8)5-6(2)3;1-5-7(4)6(2)3;3*1-4(2)5-3-6(7)8-9-5;1-5(2)6(3)4-7;1-5(2)3-4-6(7)8;;;;;;;;;/h7,9H,4-6H2,1-3H3,(H,11,13);7H,3-5H2,1-2H3;5H,4H2,1-3H3;4,6H,1,5H2,2-3H3;5-6H,1,4H2,2-3H3;3*4-5H,3H2,1-2H3;5H,3-4H2,1-2H3;3-5H,1-2H3,(H2,7,8);9*1H4/b;;;;;;;;;4-3+;;;;;;;;;. The molecular weight excluding hydrogens is 1520 g/mol. The lowest BCUT2D eigenvalue weighted by Crippen LogP contribution is -2.30. The second kappa shape index (κ2) is 71.1. The van der Waals surface area contributed by atoms with Gasteiger partial charge < -0.3 is 35.2 Å². The van der Waals surface area contributed by atoms with Crippen LogP contribution in [0.25, 0.3) is 0 Å². The van der Waals surface area contributed by atoms with Gasteiger partial charge in [0.05, 0.1) is 11.5 Å². The Kier molecular flexibility index (Phi) is 89.8.